The largest absolute Gasteiger partial charge is 0.370 e. The molecule has 0 saturated carbocycles. The Hall–Kier alpha value is -2.28. The van der Waals surface area contributed by atoms with Crippen molar-refractivity contribution in [2.45, 2.75) is 45.8 Å². The quantitative estimate of drug-likeness (QED) is 0.930. The lowest BCUT2D eigenvalue weighted by molar-refractivity contribution is 0.00940. The highest BCUT2D eigenvalue weighted by molar-refractivity contribution is 5.95. The Morgan fingerprint density at radius 2 is 2.09 bits per heavy atom. The summed E-state index contributed by atoms with van der Waals surface area (Å²) in [7, 11) is 0. The fourth-order valence-electron chi connectivity index (χ4n) is 2.64. The second-order valence-corrected chi connectivity index (χ2v) is 5.69. The topological polar surface area (TPSA) is 90.1 Å². The van der Waals surface area contributed by atoms with Gasteiger partial charge in [0.05, 0.1) is 5.69 Å². The highest BCUT2D eigenvalue weighted by atomic mass is 16.5. The summed E-state index contributed by atoms with van der Waals surface area (Å²) in [5.74, 6) is 1.02. The average Bonchev–Trinajstić information content (AvgIpc) is 2.93. The third-order valence-corrected chi connectivity index (χ3v) is 3.91. The highest BCUT2D eigenvalue weighted by Gasteiger charge is 2.19. The molecule has 1 atom stereocenters. The van der Waals surface area contributed by atoms with E-state index < -0.39 is 0 Å². The molecule has 23 heavy (non-hydrogen) atoms. The van der Waals surface area contributed by atoms with Gasteiger partial charge in [-0.3, -0.25) is 4.79 Å². The van der Waals surface area contributed by atoms with Gasteiger partial charge in [0.2, 0.25) is 0 Å². The molecule has 0 aliphatic carbocycles. The maximum atomic E-state index is 12.2. The fraction of sp³-hybridized carbons (Fsp3) is 0.500. The summed E-state index contributed by atoms with van der Waals surface area (Å²) < 4.78 is 10.7. The molecule has 2 aromatic heterocycles. The van der Waals surface area contributed by atoms with Crippen LogP contribution in [0.3, 0.4) is 0 Å². The fourth-order valence-corrected chi connectivity index (χ4v) is 2.64. The monoisotopic (exact) mass is 316 g/mol. The van der Waals surface area contributed by atoms with Gasteiger partial charge in [-0.1, -0.05) is 5.16 Å². The van der Waals surface area contributed by atoms with Gasteiger partial charge in [0.15, 0.2) is 5.82 Å². The first-order valence-electron chi connectivity index (χ1n) is 7.78. The highest BCUT2D eigenvalue weighted by Crippen LogP contribution is 2.24. The van der Waals surface area contributed by atoms with E-state index in [1.807, 2.05) is 0 Å². The third kappa shape index (κ3) is 3.56. The first-order valence-corrected chi connectivity index (χ1v) is 7.78. The number of nitrogens with zero attached hydrogens (tertiary/aromatic N) is 3. The zero-order valence-electron chi connectivity index (χ0n) is 13.3. The van der Waals surface area contributed by atoms with Crippen LogP contribution < -0.4 is 5.32 Å². The second-order valence-electron chi connectivity index (χ2n) is 5.69. The Morgan fingerprint density at radius 3 is 2.70 bits per heavy atom. The molecule has 2 aromatic rings. The van der Waals surface area contributed by atoms with E-state index in [4.69, 9.17) is 9.26 Å². The van der Waals surface area contributed by atoms with E-state index in [2.05, 4.69) is 20.4 Å². The molecule has 1 aliphatic heterocycles. The second kappa shape index (κ2) is 6.87. The number of carbonyl (C=O) groups is 1. The molecule has 3 heterocycles. The van der Waals surface area contributed by atoms with Gasteiger partial charge in [-0.2, -0.15) is 0 Å². The van der Waals surface area contributed by atoms with E-state index in [-0.39, 0.29) is 12.0 Å². The minimum Gasteiger partial charge on any atom is -0.370 e. The maximum Gasteiger partial charge on any atom is 0.257 e. The predicted octanol–water partition coefficient (Wildman–Crippen LogP) is 2.25. The molecule has 1 fully saturated rings. The molecular weight excluding hydrogens is 296 g/mol. The van der Waals surface area contributed by atoms with E-state index in [1.54, 1.807) is 26.2 Å². The Morgan fingerprint density at radius 1 is 1.30 bits per heavy atom. The first-order chi connectivity index (χ1) is 11.1. The lowest BCUT2D eigenvalue weighted by Gasteiger charge is -2.21. The van der Waals surface area contributed by atoms with Gasteiger partial charge in [0.1, 0.15) is 17.4 Å². The lowest BCUT2D eigenvalue weighted by atomic mass is 10.1. The van der Waals surface area contributed by atoms with Crippen molar-refractivity contribution in [2.24, 2.45) is 0 Å². The van der Waals surface area contributed by atoms with Gasteiger partial charge in [0, 0.05) is 31.1 Å². The number of rotatable bonds is 4. The van der Waals surface area contributed by atoms with Gasteiger partial charge in [0.25, 0.3) is 5.91 Å². The van der Waals surface area contributed by atoms with Gasteiger partial charge in [-0.15, -0.1) is 0 Å². The summed E-state index contributed by atoms with van der Waals surface area (Å²) in [4.78, 5) is 20.9. The van der Waals surface area contributed by atoms with Crippen molar-refractivity contribution >= 4 is 5.91 Å². The Labute approximate surface area is 134 Å². The molecule has 0 aromatic carbocycles. The van der Waals surface area contributed by atoms with Gasteiger partial charge in [-0.25, -0.2) is 9.97 Å². The normalized spacial score (nSPS) is 17.9. The Kier molecular flexibility index (Phi) is 4.66. The smallest absolute Gasteiger partial charge is 0.257 e. The van der Waals surface area contributed by atoms with Crippen molar-refractivity contribution in [1.29, 1.82) is 0 Å². The molecule has 0 spiro atoms. The van der Waals surface area contributed by atoms with Crippen molar-refractivity contribution in [2.75, 3.05) is 6.61 Å². The molecule has 1 saturated heterocycles. The number of aromatic nitrogens is 3. The van der Waals surface area contributed by atoms with Crippen LogP contribution in [0.15, 0.2) is 16.9 Å². The number of nitrogens with one attached hydrogen (secondary N) is 1. The molecule has 122 valence electrons. The van der Waals surface area contributed by atoms with Gasteiger partial charge >= 0.3 is 0 Å². The SMILES string of the molecule is Cc1noc(C)c1C(=O)NCc1cnc([C@H]2CCCCO2)nc1. The van der Waals surface area contributed by atoms with E-state index in [0.29, 0.717) is 29.4 Å². The number of hydrogen-bond acceptors (Lipinski definition) is 6. The molecule has 0 radical (unpaired) electrons. The van der Waals surface area contributed by atoms with Crippen molar-refractivity contribution in [3.05, 3.63) is 40.8 Å². The lowest BCUT2D eigenvalue weighted by Crippen LogP contribution is -2.24. The molecule has 0 unspecified atom stereocenters. The summed E-state index contributed by atoms with van der Waals surface area (Å²) >= 11 is 0. The minimum atomic E-state index is -0.207. The third-order valence-electron chi connectivity index (χ3n) is 3.91. The van der Waals surface area contributed by atoms with Crippen LogP contribution in [0.5, 0.6) is 0 Å². The summed E-state index contributed by atoms with van der Waals surface area (Å²) in [6.07, 6.45) is 6.66. The maximum absolute atomic E-state index is 12.2. The molecule has 3 rings (SSSR count). The number of ether oxygens (including phenoxy) is 1. The van der Waals surface area contributed by atoms with Crippen molar-refractivity contribution < 1.29 is 14.1 Å². The zero-order chi connectivity index (χ0) is 16.2. The van der Waals surface area contributed by atoms with Gasteiger partial charge < -0.3 is 14.6 Å². The number of carbonyl (C=O) groups excluding carboxylic acids is 1. The van der Waals surface area contributed by atoms with Crippen LogP contribution in [-0.2, 0) is 11.3 Å². The zero-order valence-corrected chi connectivity index (χ0v) is 13.3. The molecule has 1 aliphatic rings. The van der Waals surface area contributed by atoms with Crippen LogP contribution in [0.1, 0.15) is 58.6 Å². The van der Waals surface area contributed by atoms with E-state index >= 15 is 0 Å². The molecule has 0 bridgehead atoms. The van der Waals surface area contributed by atoms with Crippen LogP contribution in [0, 0.1) is 13.8 Å². The van der Waals surface area contributed by atoms with Gasteiger partial charge in [-0.05, 0) is 33.1 Å². The van der Waals surface area contributed by atoms with Crippen LogP contribution in [0.25, 0.3) is 0 Å². The van der Waals surface area contributed by atoms with Crippen LogP contribution >= 0.6 is 0 Å². The summed E-state index contributed by atoms with van der Waals surface area (Å²) in [6.45, 7) is 4.59. The molecule has 1 N–H and O–H groups in total. The Bertz CT molecular complexity index is 656. The first kappa shape index (κ1) is 15.6. The van der Waals surface area contributed by atoms with Crippen molar-refractivity contribution in [3.63, 3.8) is 0 Å². The van der Waals surface area contributed by atoms with E-state index in [9.17, 15) is 4.79 Å². The van der Waals surface area contributed by atoms with Crippen LogP contribution in [-0.4, -0.2) is 27.6 Å². The summed E-state index contributed by atoms with van der Waals surface area (Å²) in [5.41, 5.74) is 1.91. The number of hydrogen-bond donors (Lipinski definition) is 1. The summed E-state index contributed by atoms with van der Waals surface area (Å²) in [6, 6.07) is 0. The minimum absolute atomic E-state index is 0.00491. The van der Waals surface area contributed by atoms with E-state index in [1.165, 1.54) is 0 Å². The number of aryl methyl sites for hydroxylation is 2. The Balaban J connectivity index is 1.59. The van der Waals surface area contributed by atoms with Crippen LogP contribution in [0.4, 0.5) is 0 Å². The summed E-state index contributed by atoms with van der Waals surface area (Å²) in [5, 5.41) is 6.61. The number of amides is 1. The molecule has 7 nitrogen and oxygen atoms in total. The van der Waals surface area contributed by atoms with Crippen molar-refractivity contribution in [1.82, 2.24) is 20.4 Å². The molecule has 1 amide bonds. The predicted molar refractivity (Wildman–Crippen MR) is 81.7 cm³/mol. The standard InChI is InChI=1S/C16H20N4O3/c1-10-14(11(2)23-20-10)16(21)19-9-12-7-17-15(18-8-12)13-5-3-4-6-22-13/h7-8,13H,3-6,9H2,1-2H3,(H,19,21)/t13-/m1/s1. The van der Waals surface area contributed by atoms with E-state index in [0.717, 1.165) is 31.4 Å². The van der Waals surface area contributed by atoms with Crippen LogP contribution in [0.2, 0.25) is 0 Å². The molecular formula is C16H20N4O3. The van der Waals surface area contributed by atoms with Crippen molar-refractivity contribution in [3.8, 4) is 0 Å². The molecule has 7 heteroatoms. The average molecular weight is 316 g/mol.